The second-order valence-corrected chi connectivity index (χ2v) is 2.72. The molecule has 0 aromatic carbocycles. The molecule has 0 saturated carbocycles. The molecule has 0 radical (unpaired) electrons. The van der Waals surface area contributed by atoms with Crippen LogP contribution in [0.1, 0.15) is 6.42 Å². The van der Waals surface area contributed by atoms with Crippen LogP contribution in [0.3, 0.4) is 0 Å². The highest BCUT2D eigenvalue weighted by Crippen LogP contribution is 1.96. The molecular weight excluding hydrogens is 184 g/mol. The number of nitrogens with one attached hydrogen (secondary N) is 1. The number of carbonyl (C=O) groups is 1. The molecule has 0 spiro atoms. The maximum absolute atomic E-state index is 11.3. The zero-order chi connectivity index (χ0) is 10.6. The summed E-state index contributed by atoms with van der Waals surface area (Å²) in [5.74, 6) is -0.199. The van der Waals surface area contributed by atoms with Gasteiger partial charge < -0.3 is 5.73 Å². The summed E-state index contributed by atoms with van der Waals surface area (Å²) in [6.45, 7) is 3.49. The van der Waals surface area contributed by atoms with Crippen LogP contribution in [-0.2, 0) is 11.8 Å². The molecule has 76 valence electrons. The summed E-state index contributed by atoms with van der Waals surface area (Å²) in [7, 11) is 1.60. The molecule has 0 aliphatic heterocycles. The van der Waals surface area contributed by atoms with E-state index < -0.39 is 6.04 Å². The first-order valence-electron chi connectivity index (χ1n) is 4.05. The Morgan fingerprint density at radius 1 is 1.86 bits per heavy atom. The minimum Gasteiger partial charge on any atom is -0.320 e. The third-order valence-electron chi connectivity index (χ3n) is 1.50. The highest BCUT2D eigenvalue weighted by atomic mass is 16.2. The fourth-order valence-electron chi connectivity index (χ4n) is 0.824. The van der Waals surface area contributed by atoms with E-state index in [4.69, 9.17) is 5.73 Å². The fraction of sp³-hybridized carbons (Fsp3) is 0.429. The van der Waals surface area contributed by atoms with Gasteiger partial charge in [0.2, 0.25) is 5.91 Å². The van der Waals surface area contributed by atoms with Crippen LogP contribution in [0.4, 0.5) is 5.95 Å². The summed E-state index contributed by atoms with van der Waals surface area (Å²) in [6, 6.07) is -0.628. The van der Waals surface area contributed by atoms with Gasteiger partial charge >= 0.3 is 0 Å². The summed E-state index contributed by atoms with van der Waals surface area (Å²) in [5.41, 5.74) is 5.52. The normalized spacial score (nSPS) is 12.1. The van der Waals surface area contributed by atoms with Crippen molar-refractivity contribution in [3.63, 3.8) is 0 Å². The Morgan fingerprint density at radius 3 is 3.07 bits per heavy atom. The van der Waals surface area contributed by atoms with Crippen molar-refractivity contribution >= 4 is 11.9 Å². The van der Waals surface area contributed by atoms with Gasteiger partial charge in [0.05, 0.1) is 13.1 Å². The second-order valence-electron chi connectivity index (χ2n) is 2.72. The minimum absolute atomic E-state index is 0.150. The molecule has 1 heterocycles. The first-order valence-corrected chi connectivity index (χ1v) is 4.05. The molecule has 7 heteroatoms. The van der Waals surface area contributed by atoms with E-state index in [-0.39, 0.29) is 11.9 Å². The van der Waals surface area contributed by atoms with Crippen LogP contribution in [0.5, 0.6) is 0 Å². The molecule has 1 unspecified atom stereocenters. The van der Waals surface area contributed by atoms with Crippen molar-refractivity contribution in [2.45, 2.75) is 12.5 Å². The van der Waals surface area contributed by atoms with Gasteiger partial charge in [0, 0.05) is 0 Å². The molecule has 0 bridgehead atoms. The van der Waals surface area contributed by atoms with Gasteiger partial charge in [-0.2, -0.15) is 4.80 Å². The number of hydrogen-bond donors (Lipinski definition) is 2. The van der Waals surface area contributed by atoms with Crippen LogP contribution >= 0.6 is 0 Å². The number of tetrazole rings is 1. The summed E-state index contributed by atoms with van der Waals surface area (Å²) in [6.07, 6.45) is 1.99. The van der Waals surface area contributed by atoms with Gasteiger partial charge in [-0.05, 0) is 11.6 Å². The number of amides is 1. The van der Waals surface area contributed by atoms with Crippen LogP contribution in [0.15, 0.2) is 12.7 Å². The molecule has 1 rings (SSSR count). The van der Waals surface area contributed by atoms with Crippen molar-refractivity contribution in [3.8, 4) is 0 Å². The Hall–Kier alpha value is -1.76. The second kappa shape index (κ2) is 4.47. The van der Waals surface area contributed by atoms with E-state index in [2.05, 4.69) is 27.3 Å². The zero-order valence-corrected chi connectivity index (χ0v) is 7.84. The topological polar surface area (TPSA) is 98.7 Å². The van der Waals surface area contributed by atoms with Crippen LogP contribution < -0.4 is 11.1 Å². The lowest BCUT2D eigenvalue weighted by molar-refractivity contribution is -0.117. The first kappa shape index (κ1) is 10.3. The highest BCUT2D eigenvalue weighted by molar-refractivity contribution is 5.93. The SMILES string of the molecule is C=CCC(N)C(=O)Nc1nnn(C)n1. The van der Waals surface area contributed by atoms with E-state index in [1.54, 1.807) is 13.1 Å². The number of nitrogens with zero attached hydrogens (tertiary/aromatic N) is 4. The summed E-state index contributed by atoms with van der Waals surface area (Å²) in [5, 5.41) is 13.3. The first-order chi connectivity index (χ1) is 6.63. The van der Waals surface area contributed by atoms with Crippen molar-refractivity contribution in [3.05, 3.63) is 12.7 Å². The number of aromatic nitrogens is 4. The van der Waals surface area contributed by atoms with Crippen molar-refractivity contribution < 1.29 is 4.79 Å². The Balaban J connectivity index is 2.52. The summed E-state index contributed by atoms with van der Waals surface area (Å²) >= 11 is 0. The van der Waals surface area contributed by atoms with Crippen LogP contribution in [-0.4, -0.2) is 32.2 Å². The van der Waals surface area contributed by atoms with Crippen LogP contribution in [0.2, 0.25) is 0 Å². The number of aryl methyl sites for hydroxylation is 1. The molecule has 1 amide bonds. The molecule has 0 saturated heterocycles. The monoisotopic (exact) mass is 196 g/mol. The molecule has 7 nitrogen and oxygen atoms in total. The van der Waals surface area contributed by atoms with E-state index in [0.29, 0.717) is 6.42 Å². The van der Waals surface area contributed by atoms with Crippen molar-refractivity contribution in [2.24, 2.45) is 12.8 Å². The average molecular weight is 196 g/mol. The summed E-state index contributed by atoms with van der Waals surface area (Å²) in [4.78, 5) is 12.6. The predicted octanol–water partition coefficient (Wildman–Crippen LogP) is -0.948. The van der Waals surface area contributed by atoms with Crippen molar-refractivity contribution in [1.82, 2.24) is 20.2 Å². The lowest BCUT2D eigenvalue weighted by Crippen LogP contribution is -2.35. The third kappa shape index (κ3) is 2.63. The lowest BCUT2D eigenvalue weighted by atomic mass is 10.2. The van der Waals surface area contributed by atoms with Gasteiger partial charge in [-0.15, -0.1) is 11.7 Å². The molecular formula is C7H12N6O. The summed E-state index contributed by atoms with van der Waals surface area (Å²) < 4.78 is 0. The standard InChI is InChI=1S/C7H12N6O/c1-3-4-5(8)6(14)9-7-10-12-13(2)11-7/h3,5H,1,4,8H2,2H3,(H,9,11,14). The van der Waals surface area contributed by atoms with E-state index in [1.165, 1.54) is 4.80 Å². The van der Waals surface area contributed by atoms with E-state index >= 15 is 0 Å². The predicted molar refractivity (Wildman–Crippen MR) is 50.2 cm³/mol. The molecule has 1 aromatic heterocycles. The van der Waals surface area contributed by atoms with Crippen molar-refractivity contribution in [1.29, 1.82) is 0 Å². The van der Waals surface area contributed by atoms with Crippen LogP contribution in [0.25, 0.3) is 0 Å². The van der Waals surface area contributed by atoms with E-state index in [1.807, 2.05) is 0 Å². The molecule has 1 aromatic rings. The van der Waals surface area contributed by atoms with E-state index in [0.717, 1.165) is 0 Å². The Labute approximate surface area is 81.0 Å². The van der Waals surface area contributed by atoms with Gasteiger partial charge in [0.1, 0.15) is 0 Å². The van der Waals surface area contributed by atoms with E-state index in [9.17, 15) is 4.79 Å². The van der Waals surface area contributed by atoms with Gasteiger partial charge in [0.25, 0.3) is 5.95 Å². The third-order valence-corrected chi connectivity index (χ3v) is 1.50. The largest absolute Gasteiger partial charge is 0.320 e. The highest BCUT2D eigenvalue weighted by Gasteiger charge is 2.13. The minimum atomic E-state index is -0.628. The smallest absolute Gasteiger partial charge is 0.270 e. The Bertz CT molecular complexity index is 333. The molecule has 0 aliphatic rings. The molecule has 0 fully saturated rings. The van der Waals surface area contributed by atoms with Gasteiger partial charge in [-0.25, -0.2) is 0 Å². The van der Waals surface area contributed by atoms with Gasteiger partial charge in [-0.3, -0.25) is 10.1 Å². The fourth-order valence-corrected chi connectivity index (χ4v) is 0.824. The maximum atomic E-state index is 11.3. The zero-order valence-electron chi connectivity index (χ0n) is 7.84. The number of hydrogen-bond acceptors (Lipinski definition) is 5. The van der Waals surface area contributed by atoms with Crippen LogP contribution in [0, 0.1) is 0 Å². The maximum Gasteiger partial charge on any atom is 0.270 e. The van der Waals surface area contributed by atoms with Gasteiger partial charge in [0.15, 0.2) is 0 Å². The Kier molecular flexibility index (Phi) is 3.29. The van der Waals surface area contributed by atoms with Gasteiger partial charge in [-0.1, -0.05) is 11.2 Å². The quantitative estimate of drug-likeness (QED) is 0.605. The molecule has 3 N–H and O–H groups in total. The number of rotatable bonds is 4. The van der Waals surface area contributed by atoms with Crippen molar-refractivity contribution in [2.75, 3.05) is 5.32 Å². The molecule has 14 heavy (non-hydrogen) atoms. The average Bonchev–Trinajstić information content (AvgIpc) is 2.51. The molecule has 1 atom stereocenters. The Morgan fingerprint density at radius 2 is 2.57 bits per heavy atom. The lowest BCUT2D eigenvalue weighted by Gasteiger charge is -2.06. The number of carbonyl (C=O) groups excluding carboxylic acids is 1. The number of nitrogens with two attached hydrogens (primary N) is 1. The number of anilines is 1. The molecule has 0 aliphatic carbocycles.